The van der Waals surface area contributed by atoms with E-state index in [1.807, 2.05) is 18.4 Å². The van der Waals surface area contributed by atoms with Crippen molar-refractivity contribution in [2.75, 3.05) is 7.05 Å². The van der Waals surface area contributed by atoms with E-state index in [1.54, 1.807) is 0 Å². The van der Waals surface area contributed by atoms with Crippen LogP contribution in [0.25, 0.3) is 0 Å². The van der Waals surface area contributed by atoms with Gasteiger partial charge in [0.05, 0.1) is 0 Å². The van der Waals surface area contributed by atoms with Gasteiger partial charge in [-0.05, 0) is 72.3 Å². The molecule has 0 amide bonds. The molecule has 0 aliphatic rings. The number of aryl methyl sites for hydroxylation is 1. The summed E-state index contributed by atoms with van der Waals surface area (Å²) in [6.45, 7) is 2.21. The molecule has 0 fully saturated rings. The van der Waals surface area contributed by atoms with Crippen LogP contribution in [0.5, 0.6) is 0 Å². The fourth-order valence-corrected chi connectivity index (χ4v) is 3.40. The largest absolute Gasteiger partial charge is 0.312 e. The maximum Gasteiger partial charge on any atom is 0.0453 e. The van der Waals surface area contributed by atoms with Crippen molar-refractivity contribution in [1.29, 1.82) is 0 Å². The van der Waals surface area contributed by atoms with Crippen molar-refractivity contribution in [3.05, 3.63) is 55.3 Å². The van der Waals surface area contributed by atoms with Crippen LogP contribution < -0.4 is 5.32 Å². The van der Waals surface area contributed by atoms with Gasteiger partial charge < -0.3 is 5.32 Å². The number of thiophene rings is 1. The van der Waals surface area contributed by atoms with Crippen molar-refractivity contribution < 1.29 is 0 Å². The molecule has 1 aromatic carbocycles. The van der Waals surface area contributed by atoms with E-state index in [1.165, 1.54) is 18.9 Å². The van der Waals surface area contributed by atoms with Crippen LogP contribution in [0.2, 0.25) is 0 Å². The lowest BCUT2D eigenvalue weighted by Gasteiger charge is -2.14. The first-order valence-corrected chi connectivity index (χ1v) is 8.12. The highest BCUT2D eigenvalue weighted by Gasteiger charge is 2.12. The highest BCUT2D eigenvalue weighted by Crippen LogP contribution is 2.26. The molecule has 2 aromatic rings. The van der Waals surface area contributed by atoms with E-state index in [4.69, 9.17) is 0 Å². The second kappa shape index (κ2) is 6.68. The van der Waals surface area contributed by atoms with E-state index < -0.39 is 0 Å². The van der Waals surface area contributed by atoms with Crippen LogP contribution in [0.1, 0.15) is 28.3 Å². The Bertz CT molecular complexity index is 489. The second-order valence-corrected chi connectivity index (χ2v) is 6.78. The summed E-state index contributed by atoms with van der Waals surface area (Å²) in [5.41, 5.74) is 1.39. The van der Waals surface area contributed by atoms with Crippen molar-refractivity contribution in [3.63, 3.8) is 0 Å². The van der Waals surface area contributed by atoms with Gasteiger partial charge in [0.2, 0.25) is 0 Å². The van der Waals surface area contributed by atoms with Gasteiger partial charge >= 0.3 is 0 Å². The average Bonchev–Trinajstić information content (AvgIpc) is 2.87. The molecule has 1 heterocycles. The second-order valence-electron chi connectivity index (χ2n) is 4.33. The van der Waals surface area contributed by atoms with Gasteiger partial charge in [0.15, 0.2) is 0 Å². The molecule has 1 aromatic heterocycles. The van der Waals surface area contributed by atoms with E-state index in [2.05, 4.69) is 71.2 Å². The van der Waals surface area contributed by atoms with Crippen molar-refractivity contribution in [3.8, 4) is 0 Å². The van der Waals surface area contributed by atoms with E-state index in [0.717, 1.165) is 12.8 Å². The maximum absolute atomic E-state index is 3.43. The molecule has 96 valence electrons. The Hall–Kier alpha value is -0.390. The smallest absolute Gasteiger partial charge is 0.0453 e. The van der Waals surface area contributed by atoms with E-state index >= 15 is 0 Å². The molecular formula is C15H18INS. The molecule has 2 rings (SSSR count). The van der Waals surface area contributed by atoms with Crippen molar-refractivity contribution in [1.82, 2.24) is 5.32 Å². The third-order valence-corrected chi connectivity index (χ3v) is 5.14. The molecule has 0 saturated carbocycles. The number of hydrogen-bond acceptors (Lipinski definition) is 2. The first kappa shape index (κ1) is 14.0. The minimum atomic E-state index is 0.426. The molecule has 0 saturated heterocycles. The Morgan fingerprint density at radius 2 is 1.89 bits per heavy atom. The fourth-order valence-electron chi connectivity index (χ4n) is 1.97. The van der Waals surface area contributed by atoms with E-state index in [-0.39, 0.29) is 0 Å². The zero-order valence-electron chi connectivity index (χ0n) is 10.7. The molecule has 0 radical (unpaired) electrons. The molecule has 0 bridgehead atoms. The van der Waals surface area contributed by atoms with Gasteiger partial charge in [0, 0.05) is 19.4 Å². The zero-order chi connectivity index (χ0) is 13.0. The summed E-state index contributed by atoms with van der Waals surface area (Å²) < 4.78 is 1.29. The summed E-state index contributed by atoms with van der Waals surface area (Å²) in [4.78, 5) is 2.90. The van der Waals surface area contributed by atoms with Crippen molar-refractivity contribution >= 4 is 33.9 Å². The summed E-state index contributed by atoms with van der Waals surface area (Å²) in [6, 6.07) is 13.7. The van der Waals surface area contributed by atoms with Crippen LogP contribution in [0, 0.1) is 3.57 Å². The first-order chi connectivity index (χ1) is 8.72. The summed E-state index contributed by atoms with van der Waals surface area (Å²) in [5, 5.41) is 3.43. The monoisotopic (exact) mass is 371 g/mol. The van der Waals surface area contributed by atoms with Crippen LogP contribution in [0.4, 0.5) is 0 Å². The molecule has 0 spiro atoms. The highest BCUT2D eigenvalue weighted by atomic mass is 127. The Morgan fingerprint density at radius 3 is 2.44 bits per heavy atom. The summed E-state index contributed by atoms with van der Waals surface area (Å²) >= 11 is 4.27. The molecule has 18 heavy (non-hydrogen) atoms. The lowest BCUT2D eigenvalue weighted by atomic mass is 10.1. The molecular weight excluding hydrogens is 353 g/mol. The van der Waals surface area contributed by atoms with E-state index in [9.17, 15) is 0 Å². The minimum Gasteiger partial charge on any atom is -0.312 e. The van der Waals surface area contributed by atoms with Gasteiger partial charge in [-0.1, -0.05) is 19.1 Å². The van der Waals surface area contributed by atoms with Crippen LogP contribution in [0.15, 0.2) is 36.4 Å². The Morgan fingerprint density at radius 1 is 1.17 bits per heavy atom. The number of likely N-dealkylation sites (N-methyl/N-ethyl adjacent to an activating group) is 1. The van der Waals surface area contributed by atoms with Gasteiger partial charge in [-0.3, -0.25) is 0 Å². The predicted octanol–water partition coefficient (Wildman–Crippen LogP) is 4.42. The number of hydrogen-bond donors (Lipinski definition) is 1. The Balaban J connectivity index is 2.11. The van der Waals surface area contributed by atoms with Crippen LogP contribution >= 0.6 is 33.9 Å². The first-order valence-electron chi connectivity index (χ1n) is 6.23. The minimum absolute atomic E-state index is 0.426. The number of halogens is 1. The van der Waals surface area contributed by atoms with Crippen LogP contribution in [-0.2, 0) is 12.8 Å². The normalized spacial score (nSPS) is 12.6. The van der Waals surface area contributed by atoms with Crippen molar-refractivity contribution in [2.45, 2.75) is 25.8 Å². The average molecular weight is 371 g/mol. The number of benzene rings is 1. The molecule has 0 aliphatic heterocycles. The van der Waals surface area contributed by atoms with Gasteiger partial charge in [0.1, 0.15) is 0 Å². The maximum atomic E-state index is 3.43. The molecule has 1 unspecified atom stereocenters. The van der Waals surface area contributed by atoms with Gasteiger partial charge in [-0.15, -0.1) is 11.3 Å². The molecule has 1 atom stereocenters. The SMILES string of the molecule is CCc1ccc(C(Cc2ccc(I)cc2)NC)s1. The lowest BCUT2D eigenvalue weighted by molar-refractivity contribution is 0.602. The molecule has 1 nitrogen and oxygen atoms in total. The number of rotatable bonds is 5. The summed E-state index contributed by atoms with van der Waals surface area (Å²) in [6.07, 6.45) is 2.18. The van der Waals surface area contributed by atoms with Crippen LogP contribution in [-0.4, -0.2) is 7.05 Å². The summed E-state index contributed by atoms with van der Waals surface area (Å²) in [7, 11) is 2.04. The third-order valence-electron chi connectivity index (χ3n) is 3.08. The standard InChI is InChI=1S/C15H18INS/c1-3-13-8-9-15(18-13)14(17-2)10-11-4-6-12(16)7-5-11/h4-9,14,17H,3,10H2,1-2H3. The highest BCUT2D eigenvalue weighted by molar-refractivity contribution is 14.1. The van der Waals surface area contributed by atoms with Gasteiger partial charge in [-0.25, -0.2) is 0 Å². The predicted molar refractivity (Wildman–Crippen MR) is 88.4 cm³/mol. The van der Waals surface area contributed by atoms with Crippen LogP contribution in [0.3, 0.4) is 0 Å². The number of nitrogens with one attached hydrogen (secondary N) is 1. The Kier molecular flexibility index (Phi) is 5.21. The van der Waals surface area contributed by atoms with Gasteiger partial charge in [-0.2, -0.15) is 0 Å². The van der Waals surface area contributed by atoms with E-state index in [0.29, 0.717) is 6.04 Å². The van der Waals surface area contributed by atoms with Gasteiger partial charge in [0.25, 0.3) is 0 Å². The molecule has 1 N–H and O–H groups in total. The zero-order valence-corrected chi connectivity index (χ0v) is 13.7. The Labute approximate surface area is 127 Å². The third kappa shape index (κ3) is 3.56. The molecule has 3 heteroatoms. The molecule has 0 aliphatic carbocycles. The van der Waals surface area contributed by atoms with Crippen molar-refractivity contribution in [2.24, 2.45) is 0 Å². The lowest BCUT2D eigenvalue weighted by Crippen LogP contribution is -2.17. The quantitative estimate of drug-likeness (QED) is 0.768. The fraction of sp³-hybridized carbons (Fsp3) is 0.333. The topological polar surface area (TPSA) is 12.0 Å². The summed E-state index contributed by atoms with van der Waals surface area (Å²) in [5.74, 6) is 0.